The SMILES string of the molecule is CSCCNC(=O)C(C)CCCC(C)N. The van der Waals surface area contributed by atoms with Crippen LogP contribution >= 0.6 is 11.8 Å². The summed E-state index contributed by atoms with van der Waals surface area (Å²) in [6.07, 6.45) is 5.02. The van der Waals surface area contributed by atoms with Gasteiger partial charge < -0.3 is 11.1 Å². The lowest BCUT2D eigenvalue weighted by molar-refractivity contribution is -0.124. The molecule has 0 saturated heterocycles. The third-order valence-electron chi connectivity index (χ3n) is 2.35. The highest BCUT2D eigenvalue weighted by atomic mass is 32.2. The highest BCUT2D eigenvalue weighted by molar-refractivity contribution is 7.98. The van der Waals surface area contributed by atoms with Gasteiger partial charge in [0.1, 0.15) is 0 Å². The molecule has 0 aromatic rings. The second-order valence-electron chi connectivity index (χ2n) is 4.09. The molecule has 0 saturated carbocycles. The molecule has 15 heavy (non-hydrogen) atoms. The molecule has 0 aliphatic heterocycles. The third kappa shape index (κ3) is 8.75. The van der Waals surface area contributed by atoms with Gasteiger partial charge >= 0.3 is 0 Å². The average Bonchev–Trinajstić information content (AvgIpc) is 2.17. The van der Waals surface area contributed by atoms with Crippen molar-refractivity contribution in [3.05, 3.63) is 0 Å². The molecule has 0 aliphatic carbocycles. The van der Waals surface area contributed by atoms with Crippen molar-refractivity contribution in [2.75, 3.05) is 18.6 Å². The van der Waals surface area contributed by atoms with Crippen molar-refractivity contribution in [2.45, 2.75) is 39.2 Å². The summed E-state index contributed by atoms with van der Waals surface area (Å²) in [5.74, 6) is 1.28. The number of carbonyl (C=O) groups is 1. The number of hydrogen-bond acceptors (Lipinski definition) is 3. The number of thioether (sulfide) groups is 1. The van der Waals surface area contributed by atoms with E-state index >= 15 is 0 Å². The second-order valence-corrected chi connectivity index (χ2v) is 5.08. The summed E-state index contributed by atoms with van der Waals surface area (Å²) in [6.45, 7) is 4.76. The summed E-state index contributed by atoms with van der Waals surface area (Å²) in [5.41, 5.74) is 5.65. The van der Waals surface area contributed by atoms with Gasteiger partial charge in [-0.3, -0.25) is 4.79 Å². The number of amides is 1. The van der Waals surface area contributed by atoms with Gasteiger partial charge in [-0.1, -0.05) is 13.3 Å². The number of hydrogen-bond donors (Lipinski definition) is 2. The summed E-state index contributed by atoms with van der Waals surface area (Å²) in [5, 5.41) is 2.93. The molecule has 0 bridgehead atoms. The summed E-state index contributed by atoms with van der Waals surface area (Å²) in [7, 11) is 0. The van der Waals surface area contributed by atoms with Crippen molar-refractivity contribution >= 4 is 17.7 Å². The average molecular weight is 232 g/mol. The highest BCUT2D eigenvalue weighted by Crippen LogP contribution is 2.08. The zero-order valence-electron chi connectivity index (χ0n) is 10.1. The number of nitrogens with one attached hydrogen (secondary N) is 1. The molecule has 3 N–H and O–H groups in total. The summed E-state index contributed by atoms with van der Waals surface area (Å²) in [6, 6.07) is 0.247. The van der Waals surface area contributed by atoms with E-state index in [4.69, 9.17) is 5.73 Å². The Hall–Kier alpha value is -0.220. The summed E-state index contributed by atoms with van der Waals surface area (Å²) in [4.78, 5) is 11.5. The molecule has 3 nitrogen and oxygen atoms in total. The van der Waals surface area contributed by atoms with Gasteiger partial charge in [0, 0.05) is 24.3 Å². The van der Waals surface area contributed by atoms with Crippen molar-refractivity contribution in [2.24, 2.45) is 11.7 Å². The van der Waals surface area contributed by atoms with Crippen molar-refractivity contribution in [3.63, 3.8) is 0 Å². The van der Waals surface area contributed by atoms with Crippen LogP contribution in [-0.2, 0) is 4.79 Å². The van der Waals surface area contributed by atoms with E-state index in [1.807, 2.05) is 20.1 Å². The molecule has 1 amide bonds. The van der Waals surface area contributed by atoms with Gasteiger partial charge in [-0.05, 0) is 26.0 Å². The lowest BCUT2D eigenvalue weighted by Crippen LogP contribution is -2.31. The molecular formula is C11H24N2OS. The minimum absolute atomic E-state index is 0.116. The molecule has 0 rings (SSSR count). The van der Waals surface area contributed by atoms with Gasteiger partial charge in [0.15, 0.2) is 0 Å². The van der Waals surface area contributed by atoms with Gasteiger partial charge in [0.2, 0.25) is 5.91 Å². The smallest absolute Gasteiger partial charge is 0.222 e. The zero-order valence-corrected chi connectivity index (χ0v) is 10.9. The monoisotopic (exact) mass is 232 g/mol. The Morgan fingerprint density at radius 2 is 2.07 bits per heavy atom. The molecule has 2 unspecified atom stereocenters. The predicted octanol–water partition coefficient (Wildman–Crippen LogP) is 1.62. The van der Waals surface area contributed by atoms with Gasteiger partial charge in [0.05, 0.1) is 0 Å². The molecular weight excluding hydrogens is 208 g/mol. The normalized spacial score (nSPS) is 14.7. The van der Waals surface area contributed by atoms with Crippen LogP contribution in [0.1, 0.15) is 33.1 Å². The van der Waals surface area contributed by atoms with Crippen LogP contribution in [-0.4, -0.2) is 30.5 Å². The van der Waals surface area contributed by atoms with E-state index in [1.165, 1.54) is 0 Å². The Morgan fingerprint density at radius 1 is 1.40 bits per heavy atom. The van der Waals surface area contributed by atoms with Gasteiger partial charge in [-0.25, -0.2) is 0 Å². The van der Waals surface area contributed by atoms with Crippen LogP contribution < -0.4 is 11.1 Å². The van der Waals surface area contributed by atoms with Crippen LogP contribution in [0.2, 0.25) is 0 Å². The lowest BCUT2D eigenvalue weighted by atomic mass is 10.0. The molecule has 0 aliphatic rings. The predicted molar refractivity (Wildman–Crippen MR) is 68.1 cm³/mol. The van der Waals surface area contributed by atoms with E-state index in [0.717, 1.165) is 31.6 Å². The molecule has 0 aromatic heterocycles. The van der Waals surface area contributed by atoms with E-state index in [0.29, 0.717) is 0 Å². The first-order valence-corrected chi connectivity index (χ1v) is 6.99. The van der Waals surface area contributed by atoms with E-state index in [1.54, 1.807) is 11.8 Å². The maximum absolute atomic E-state index is 11.5. The minimum Gasteiger partial charge on any atom is -0.355 e. The van der Waals surface area contributed by atoms with Crippen LogP contribution in [0.4, 0.5) is 0 Å². The maximum atomic E-state index is 11.5. The second kappa shape index (κ2) is 9.04. The first-order valence-electron chi connectivity index (χ1n) is 5.60. The Labute approximate surface area is 97.6 Å². The number of nitrogens with two attached hydrogens (primary N) is 1. The topological polar surface area (TPSA) is 55.1 Å². The molecule has 0 heterocycles. The Morgan fingerprint density at radius 3 is 2.60 bits per heavy atom. The Balaban J connectivity index is 3.51. The van der Waals surface area contributed by atoms with E-state index in [-0.39, 0.29) is 17.9 Å². The van der Waals surface area contributed by atoms with E-state index in [2.05, 4.69) is 5.32 Å². The first-order chi connectivity index (χ1) is 7.07. The Kier molecular flexibility index (Phi) is 8.91. The first kappa shape index (κ1) is 14.8. The molecule has 4 heteroatoms. The maximum Gasteiger partial charge on any atom is 0.222 e. The zero-order chi connectivity index (χ0) is 11.7. The quantitative estimate of drug-likeness (QED) is 0.625. The fraction of sp³-hybridized carbons (Fsp3) is 0.909. The van der Waals surface area contributed by atoms with Crippen LogP contribution in [0.3, 0.4) is 0 Å². The molecule has 0 aromatic carbocycles. The van der Waals surface area contributed by atoms with Gasteiger partial charge in [0.25, 0.3) is 0 Å². The van der Waals surface area contributed by atoms with Crippen LogP contribution in [0.25, 0.3) is 0 Å². The fourth-order valence-electron chi connectivity index (χ4n) is 1.33. The van der Waals surface area contributed by atoms with E-state index < -0.39 is 0 Å². The third-order valence-corrected chi connectivity index (χ3v) is 2.96. The molecule has 90 valence electrons. The molecule has 0 fully saturated rings. The van der Waals surface area contributed by atoms with Gasteiger partial charge in [-0.15, -0.1) is 0 Å². The Bertz CT molecular complexity index is 174. The van der Waals surface area contributed by atoms with E-state index in [9.17, 15) is 4.79 Å². The summed E-state index contributed by atoms with van der Waals surface area (Å²) >= 11 is 1.75. The van der Waals surface area contributed by atoms with Gasteiger partial charge in [-0.2, -0.15) is 11.8 Å². The minimum atomic E-state index is 0.116. The number of rotatable bonds is 8. The molecule has 2 atom stereocenters. The standard InChI is InChI=1S/C11H24N2OS/c1-9(5-4-6-10(2)12)11(14)13-7-8-15-3/h9-10H,4-8,12H2,1-3H3,(H,13,14). The lowest BCUT2D eigenvalue weighted by Gasteiger charge is -2.12. The number of carbonyl (C=O) groups excluding carboxylic acids is 1. The van der Waals surface area contributed by atoms with Crippen molar-refractivity contribution in [1.82, 2.24) is 5.32 Å². The van der Waals surface area contributed by atoms with Crippen LogP contribution in [0.5, 0.6) is 0 Å². The van der Waals surface area contributed by atoms with Crippen molar-refractivity contribution in [3.8, 4) is 0 Å². The summed E-state index contributed by atoms with van der Waals surface area (Å²) < 4.78 is 0. The van der Waals surface area contributed by atoms with Crippen LogP contribution in [0, 0.1) is 5.92 Å². The van der Waals surface area contributed by atoms with Crippen LogP contribution in [0.15, 0.2) is 0 Å². The molecule has 0 radical (unpaired) electrons. The van der Waals surface area contributed by atoms with Crippen molar-refractivity contribution < 1.29 is 4.79 Å². The fourth-order valence-corrected chi connectivity index (χ4v) is 1.63. The highest BCUT2D eigenvalue weighted by Gasteiger charge is 2.11. The van der Waals surface area contributed by atoms with Crippen molar-refractivity contribution in [1.29, 1.82) is 0 Å². The molecule has 0 spiro atoms. The largest absolute Gasteiger partial charge is 0.355 e.